The second-order valence-electron chi connectivity index (χ2n) is 12.6. The summed E-state index contributed by atoms with van der Waals surface area (Å²) in [5, 5.41) is 37.5. The highest BCUT2D eigenvalue weighted by atomic mass is 16.5. The molecule has 0 saturated carbocycles. The van der Waals surface area contributed by atoms with E-state index < -0.39 is 16.6 Å². The van der Waals surface area contributed by atoms with Crippen LogP contribution in [-0.4, -0.2) is 27.0 Å². The Morgan fingerprint density at radius 1 is 0.486 bits per heavy atom. The molecule has 199 valence electrons. The molecule has 0 aliphatic rings. The summed E-state index contributed by atoms with van der Waals surface area (Å²) in [6.45, 7) is 17.4. The van der Waals surface area contributed by atoms with Crippen LogP contribution in [0.5, 0.6) is 0 Å². The van der Waals surface area contributed by atoms with Crippen molar-refractivity contribution in [3.05, 3.63) is 89.5 Å². The second kappa shape index (κ2) is 10.4. The zero-order valence-electron chi connectivity index (χ0n) is 23.6. The van der Waals surface area contributed by atoms with Gasteiger partial charge in [0.1, 0.15) is 0 Å². The van der Waals surface area contributed by atoms with Crippen molar-refractivity contribution < 1.29 is 15.6 Å². The van der Waals surface area contributed by atoms with Crippen LogP contribution in [0.2, 0.25) is 0 Å². The lowest BCUT2D eigenvalue weighted by Gasteiger charge is -2.32. The monoisotopic (exact) mass is 504 g/mol. The van der Waals surface area contributed by atoms with Gasteiger partial charge in [-0.3, -0.25) is 20.5 Å². The third-order valence-electron chi connectivity index (χ3n) is 6.28. The van der Waals surface area contributed by atoms with E-state index in [0.29, 0.717) is 17.1 Å². The molecule has 0 aromatic heterocycles. The van der Waals surface area contributed by atoms with E-state index in [0.717, 1.165) is 21.8 Å². The van der Waals surface area contributed by atoms with Crippen molar-refractivity contribution in [1.29, 1.82) is 0 Å². The van der Waals surface area contributed by atoms with Crippen molar-refractivity contribution in [1.82, 2.24) is 0 Å². The van der Waals surface area contributed by atoms with Crippen LogP contribution in [0.1, 0.15) is 84.9 Å². The predicted octanol–water partition coefficient (Wildman–Crippen LogP) is 7.81. The maximum atomic E-state index is 12.7. The summed E-state index contributed by atoms with van der Waals surface area (Å²) >= 11 is 0. The zero-order valence-corrected chi connectivity index (χ0v) is 23.6. The molecule has 0 atom stereocenters. The summed E-state index contributed by atoms with van der Waals surface area (Å²) in [5.41, 5.74) is 3.82. The normalized spacial score (nSPS) is 12.6. The Balaban J connectivity index is 2.04. The summed E-state index contributed by atoms with van der Waals surface area (Å²) in [4.78, 5) is 0. The fraction of sp³-hybridized carbons (Fsp3) is 0.419. The van der Waals surface area contributed by atoms with E-state index in [2.05, 4.69) is 0 Å². The van der Waals surface area contributed by atoms with Crippen molar-refractivity contribution in [2.45, 2.75) is 84.8 Å². The van der Waals surface area contributed by atoms with E-state index in [9.17, 15) is 15.6 Å². The van der Waals surface area contributed by atoms with Crippen molar-refractivity contribution in [3.8, 4) is 0 Å². The van der Waals surface area contributed by atoms with Gasteiger partial charge in [0.25, 0.3) is 0 Å². The summed E-state index contributed by atoms with van der Waals surface area (Å²) in [5.74, 6) is -0.101. The van der Waals surface area contributed by atoms with E-state index in [4.69, 9.17) is 0 Å². The van der Waals surface area contributed by atoms with Gasteiger partial charge in [-0.15, -0.1) is 0 Å². The van der Waals surface area contributed by atoms with Gasteiger partial charge < -0.3 is 0 Å². The van der Waals surface area contributed by atoms with E-state index >= 15 is 0 Å². The molecular weight excluding hydrogens is 462 g/mol. The van der Waals surface area contributed by atoms with Crippen LogP contribution in [0, 0.1) is 0 Å². The molecule has 0 amide bonds. The smallest absolute Gasteiger partial charge is 0.0674 e. The maximum absolute atomic E-state index is 12.7. The largest absolute Gasteiger partial charge is 0.288 e. The molecule has 0 heterocycles. The summed E-state index contributed by atoms with van der Waals surface area (Å²) in [7, 11) is 0. The summed E-state index contributed by atoms with van der Waals surface area (Å²) in [6, 6.07) is 23.5. The first-order chi connectivity index (χ1) is 17.0. The summed E-state index contributed by atoms with van der Waals surface area (Å²) < 4.78 is 0. The Morgan fingerprint density at radius 2 is 0.757 bits per heavy atom. The van der Waals surface area contributed by atoms with Gasteiger partial charge in [0.2, 0.25) is 0 Å². The number of nitrogens with zero attached hydrogens (tertiary/aromatic N) is 3. The fourth-order valence-electron chi connectivity index (χ4n) is 4.16. The van der Waals surface area contributed by atoms with Gasteiger partial charge in [0.15, 0.2) is 0 Å². The van der Waals surface area contributed by atoms with Crippen LogP contribution in [0.3, 0.4) is 0 Å². The molecule has 6 heteroatoms. The molecule has 3 rings (SSSR count). The first-order valence-electron chi connectivity index (χ1n) is 12.8. The minimum absolute atomic E-state index is 0.101. The average Bonchev–Trinajstić information content (AvgIpc) is 2.82. The lowest BCUT2D eigenvalue weighted by atomic mass is 9.84. The van der Waals surface area contributed by atoms with Crippen molar-refractivity contribution in [2.24, 2.45) is 0 Å². The van der Waals surface area contributed by atoms with Crippen LogP contribution in [-0.2, 0) is 5.21 Å². The lowest BCUT2D eigenvalue weighted by molar-refractivity contribution is 0.102. The Morgan fingerprint density at radius 3 is 1.00 bits per heavy atom. The van der Waals surface area contributed by atoms with Gasteiger partial charge in [0.05, 0.1) is 33.7 Å². The number of hydrogen-bond acceptors (Lipinski definition) is 5. The molecule has 3 aromatic carbocycles. The van der Waals surface area contributed by atoms with E-state index in [-0.39, 0.29) is 5.92 Å². The van der Waals surface area contributed by atoms with Crippen LogP contribution >= 0.6 is 0 Å². The number of hydroxylamine groups is 3. The van der Waals surface area contributed by atoms with Crippen molar-refractivity contribution in [3.63, 3.8) is 0 Å². The van der Waals surface area contributed by atoms with Gasteiger partial charge in [-0.25, -0.2) is 5.06 Å². The average molecular weight is 505 g/mol. The Bertz CT molecular complexity index is 1000. The minimum atomic E-state index is -0.529. The maximum Gasteiger partial charge on any atom is 0.0674 e. The topological polar surface area (TPSA) is 70.1 Å². The third-order valence-corrected chi connectivity index (χ3v) is 6.28. The highest BCUT2D eigenvalue weighted by Gasteiger charge is 2.25. The molecule has 6 nitrogen and oxygen atoms in total. The molecule has 37 heavy (non-hydrogen) atoms. The number of hydrogen-bond donors (Lipinski definition) is 2. The highest BCUT2D eigenvalue weighted by molar-refractivity contribution is 5.55. The zero-order chi connectivity index (χ0) is 27.8. The van der Waals surface area contributed by atoms with Gasteiger partial charge in [0, 0.05) is 5.92 Å². The molecule has 0 spiro atoms. The molecule has 3 aromatic rings. The molecule has 0 bridgehead atoms. The molecule has 0 unspecified atom stereocenters. The molecule has 0 saturated heterocycles. The molecular formula is C31H42N3O3. The third kappa shape index (κ3) is 6.63. The van der Waals surface area contributed by atoms with Crippen LogP contribution in [0.4, 0.5) is 17.1 Å². The first kappa shape index (κ1) is 28.5. The SMILES string of the molecule is CC(C)(C)N([O])c1ccc(C(c2ccc(N(O)C(C)(C)C)cc2)c2ccc(N(O)C(C)(C)C)cc2)cc1. The van der Waals surface area contributed by atoms with Gasteiger partial charge in [-0.1, -0.05) is 41.6 Å². The minimum Gasteiger partial charge on any atom is -0.288 e. The number of anilines is 3. The van der Waals surface area contributed by atoms with E-state index in [1.165, 1.54) is 10.1 Å². The van der Waals surface area contributed by atoms with Crippen LogP contribution < -0.4 is 15.2 Å². The Hall–Kier alpha value is -3.06. The van der Waals surface area contributed by atoms with Gasteiger partial charge >= 0.3 is 0 Å². The molecule has 0 aliphatic carbocycles. The first-order valence-corrected chi connectivity index (χ1v) is 12.8. The summed E-state index contributed by atoms with van der Waals surface area (Å²) in [6.07, 6.45) is 0. The van der Waals surface area contributed by atoms with Crippen molar-refractivity contribution in [2.75, 3.05) is 15.2 Å². The Labute approximate surface area is 222 Å². The van der Waals surface area contributed by atoms with Crippen molar-refractivity contribution >= 4 is 17.1 Å². The highest BCUT2D eigenvalue weighted by Crippen LogP contribution is 2.36. The molecule has 0 aliphatic heterocycles. The van der Waals surface area contributed by atoms with Gasteiger partial charge in [-0.2, -0.15) is 0 Å². The predicted molar refractivity (Wildman–Crippen MR) is 151 cm³/mol. The van der Waals surface area contributed by atoms with Gasteiger partial charge in [-0.05, 0) is 115 Å². The molecule has 1 radical (unpaired) electrons. The van der Waals surface area contributed by atoms with Crippen LogP contribution in [0.25, 0.3) is 0 Å². The second-order valence-corrected chi connectivity index (χ2v) is 12.6. The van der Waals surface area contributed by atoms with E-state index in [1.807, 2.05) is 135 Å². The number of benzene rings is 3. The number of rotatable bonds is 6. The Kier molecular flexibility index (Phi) is 7.99. The lowest BCUT2D eigenvalue weighted by Crippen LogP contribution is -2.38. The van der Waals surface area contributed by atoms with Crippen LogP contribution in [0.15, 0.2) is 72.8 Å². The quantitative estimate of drug-likeness (QED) is 0.265. The fourth-order valence-corrected chi connectivity index (χ4v) is 4.16. The van der Waals surface area contributed by atoms with E-state index in [1.54, 1.807) is 0 Å². The standard InChI is InChI=1S/C31H42N3O3/c1-29(2,3)32(35)25-16-10-22(11-17-25)28(23-12-18-26(19-13-23)33(36)30(4,5)6)24-14-20-27(21-15-24)34(37)31(7,8)9/h10-21,28,35-36H,1-9H3. The molecule has 2 N–H and O–H groups in total. The molecule has 0 fully saturated rings.